The number of halogens is 3. The second kappa shape index (κ2) is 7.40. The van der Waals surface area contributed by atoms with Crippen LogP contribution in [-0.2, 0) is 14.9 Å². The van der Waals surface area contributed by atoms with Crippen LogP contribution < -0.4 is 4.18 Å². The molecule has 1 aromatic heterocycles. The Morgan fingerprint density at radius 3 is 2.38 bits per heavy atom. The number of nitrogens with zero attached hydrogens (tertiary/aromatic N) is 1. The normalized spacial score (nSPS) is 28.3. The van der Waals surface area contributed by atoms with E-state index >= 15 is 0 Å². The number of alkyl halides is 3. The first kappa shape index (κ1) is 21.6. The number of aromatic nitrogens is 1. The van der Waals surface area contributed by atoms with E-state index in [1.807, 2.05) is 6.92 Å². The van der Waals surface area contributed by atoms with Gasteiger partial charge in [-0.25, -0.2) is 0 Å². The maximum Gasteiger partial charge on any atom is 0.534 e. The Kier molecular flexibility index (Phi) is 4.99. The number of rotatable bonds is 5. The molecule has 10 heteroatoms. The average Bonchev–Trinajstić information content (AvgIpc) is 3.09. The summed E-state index contributed by atoms with van der Waals surface area (Å²) in [7, 11) is -5.73. The van der Waals surface area contributed by atoms with Crippen LogP contribution in [0.2, 0.25) is 0 Å². The predicted octanol–water partition coefficient (Wildman–Crippen LogP) is 4.68. The number of hydrogen-bond acceptors (Lipinski definition) is 4. The molecule has 2 saturated carbocycles. The van der Waals surface area contributed by atoms with Crippen molar-refractivity contribution in [2.24, 2.45) is 11.8 Å². The molecule has 3 heterocycles. The first-order valence-electron chi connectivity index (χ1n) is 10.9. The highest BCUT2D eigenvalue weighted by atomic mass is 32.2. The van der Waals surface area contributed by atoms with Crippen molar-refractivity contribution in [2.75, 3.05) is 0 Å². The Morgan fingerprint density at radius 1 is 1.16 bits per heavy atom. The molecule has 1 amide bonds. The van der Waals surface area contributed by atoms with Gasteiger partial charge in [0.05, 0.1) is 0 Å². The summed E-state index contributed by atoms with van der Waals surface area (Å²) >= 11 is 0. The molecule has 2 aliphatic carbocycles. The van der Waals surface area contributed by atoms with E-state index in [1.165, 1.54) is 24.6 Å². The lowest BCUT2D eigenvalue weighted by atomic mass is 9.63. The molecule has 1 unspecified atom stereocenters. The number of aromatic amines is 1. The number of benzene rings is 1. The molecule has 2 saturated heterocycles. The highest BCUT2D eigenvalue weighted by Crippen LogP contribution is 2.49. The highest BCUT2D eigenvalue weighted by Gasteiger charge is 2.49. The second-order valence-corrected chi connectivity index (χ2v) is 11.1. The van der Waals surface area contributed by atoms with Gasteiger partial charge in [0.25, 0.3) is 0 Å². The number of fused-ring (bicyclic) bond motifs is 1. The van der Waals surface area contributed by atoms with Crippen molar-refractivity contribution in [2.45, 2.75) is 69.0 Å². The van der Waals surface area contributed by atoms with E-state index in [-0.39, 0.29) is 11.8 Å². The summed E-state index contributed by atoms with van der Waals surface area (Å²) in [5.41, 5.74) is -4.18. The quantitative estimate of drug-likeness (QED) is 0.508. The van der Waals surface area contributed by atoms with Crippen LogP contribution in [0.15, 0.2) is 24.4 Å². The maximum atomic E-state index is 13.2. The van der Waals surface area contributed by atoms with E-state index in [1.54, 1.807) is 6.20 Å². The molecule has 0 spiro atoms. The van der Waals surface area contributed by atoms with Crippen LogP contribution in [0.3, 0.4) is 0 Å². The second-order valence-electron chi connectivity index (χ2n) is 9.56. The summed E-state index contributed by atoms with van der Waals surface area (Å²) in [6, 6.07) is 4.66. The molecule has 32 heavy (non-hydrogen) atoms. The average molecular weight is 471 g/mol. The molecule has 2 aliphatic heterocycles. The largest absolute Gasteiger partial charge is 0.534 e. The van der Waals surface area contributed by atoms with Crippen molar-refractivity contribution in [3.05, 3.63) is 30.0 Å². The van der Waals surface area contributed by atoms with Crippen LogP contribution >= 0.6 is 0 Å². The zero-order valence-electron chi connectivity index (χ0n) is 17.6. The van der Waals surface area contributed by atoms with Gasteiger partial charge < -0.3 is 14.1 Å². The minimum Gasteiger partial charge on any atom is -0.376 e. The van der Waals surface area contributed by atoms with Gasteiger partial charge in [0, 0.05) is 41.7 Å². The van der Waals surface area contributed by atoms with Crippen LogP contribution in [0.25, 0.3) is 10.9 Å². The van der Waals surface area contributed by atoms with Crippen LogP contribution in [0.1, 0.15) is 56.9 Å². The molecule has 1 N–H and O–H groups in total. The number of nitrogens with one attached hydrogen (secondary N) is 1. The molecule has 4 fully saturated rings. The lowest BCUT2D eigenvalue weighted by Crippen LogP contribution is -2.59. The van der Waals surface area contributed by atoms with Gasteiger partial charge in [-0.1, -0.05) is 6.92 Å². The molecule has 4 aliphatic rings. The number of amides is 1. The summed E-state index contributed by atoms with van der Waals surface area (Å²) in [6.07, 6.45) is 7.85. The van der Waals surface area contributed by atoms with Crippen molar-refractivity contribution in [3.63, 3.8) is 0 Å². The number of H-pyrrole nitrogens is 1. The number of carbonyl (C=O) groups is 1. The third-order valence-corrected chi connectivity index (χ3v) is 8.33. The zero-order chi connectivity index (χ0) is 22.8. The van der Waals surface area contributed by atoms with Crippen molar-refractivity contribution in [1.82, 2.24) is 9.88 Å². The fraction of sp³-hybridized carbons (Fsp3) is 0.591. The molecule has 6 nitrogen and oxygen atoms in total. The fourth-order valence-electron chi connectivity index (χ4n) is 6.18. The summed E-state index contributed by atoms with van der Waals surface area (Å²) in [5, 5.41) is 0.724. The van der Waals surface area contributed by atoms with Gasteiger partial charge in [0.15, 0.2) is 0 Å². The van der Waals surface area contributed by atoms with Crippen molar-refractivity contribution in [1.29, 1.82) is 0 Å². The highest BCUT2D eigenvalue weighted by molar-refractivity contribution is 7.88. The van der Waals surface area contributed by atoms with Crippen LogP contribution in [-0.4, -0.2) is 41.8 Å². The van der Waals surface area contributed by atoms with E-state index in [0.29, 0.717) is 24.0 Å². The minimum absolute atomic E-state index is 0.0980. The minimum atomic E-state index is -5.73. The van der Waals surface area contributed by atoms with Crippen LogP contribution in [0.5, 0.6) is 5.75 Å². The Bertz CT molecular complexity index is 1130. The van der Waals surface area contributed by atoms with E-state index in [4.69, 9.17) is 0 Å². The standard InChI is InChI=1S/C22H25F3N2O4S/c1-12(4-21(28)27-15-6-13-5-14(8-15)9-16(27)7-13)19-11-26-20-10-17(2-3-18(19)20)31-32(29,30)22(23,24)25/h2-3,10-16,26H,4-9H2,1H3. The van der Waals surface area contributed by atoms with E-state index in [9.17, 15) is 26.4 Å². The van der Waals surface area contributed by atoms with Gasteiger partial charge in [0.1, 0.15) is 5.75 Å². The van der Waals surface area contributed by atoms with E-state index in [2.05, 4.69) is 14.1 Å². The van der Waals surface area contributed by atoms with E-state index < -0.39 is 21.4 Å². The Balaban J connectivity index is 1.31. The summed E-state index contributed by atoms with van der Waals surface area (Å²) in [4.78, 5) is 18.3. The van der Waals surface area contributed by atoms with Gasteiger partial charge in [-0.2, -0.15) is 21.6 Å². The van der Waals surface area contributed by atoms with Gasteiger partial charge >= 0.3 is 15.6 Å². The third kappa shape index (κ3) is 3.66. The SMILES string of the molecule is CC(CC(=O)N1C2CC3CC(C2)CC1C3)c1c[nH]c2cc(OS(=O)(=O)C(F)(F)F)ccc12. The molecule has 2 aromatic rings. The first-order chi connectivity index (χ1) is 15.0. The monoisotopic (exact) mass is 470 g/mol. The zero-order valence-corrected chi connectivity index (χ0v) is 18.4. The summed E-state index contributed by atoms with van der Waals surface area (Å²) in [6.45, 7) is 1.95. The molecular formula is C22H25F3N2O4S. The van der Waals surface area contributed by atoms with Gasteiger partial charge in [0.2, 0.25) is 5.91 Å². The van der Waals surface area contributed by atoms with Crippen molar-refractivity contribution >= 4 is 26.9 Å². The van der Waals surface area contributed by atoms with Gasteiger partial charge in [-0.3, -0.25) is 4.79 Å². The molecule has 1 atom stereocenters. The summed E-state index contributed by atoms with van der Waals surface area (Å²) in [5.74, 6) is 1.18. The number of hydrogen-bond donors (Lipinski definition) is 1. The van der Waals surface area contributed by atoms with Crippen LogP contribution in [0, 0.1) is 11.8 Å². The lowest BCUT2D eigenvalue weighted by Gasteiger charge is -2.56. The van der Waals surface area contributed by atoms with Crippen LogP contribution in [0.4, 0.5) is 13.2 Å². The maximum absolute atomic E-state index is 13.2. The number of piperidine rings is 2. The molecule has 1 aromatic carbocycles. The first-order valence-corrected chi connectivity index (χ1v) is 12.4. The molecule has 0 radical (unpaired) electrons. The Morgan fingerprint density at radius 2 is 1.78 bits per heavy atom. The molecular weight excluding hydrogens is 445 g/mol. The van der Waals surface area contributed by atoms with Crippen molar-refractivity contribution in [3.8, 4) is 5.75 Å². The lowest BCUT2D eigenvalue weighted by molar-refractivity contribution is -0.149. The number of carbonyl (C=O) groups excluding carboxylic acids is 1. The van der Waals surface area contributed by atoms with E-state index in [0.717, 1.165) is 48.5 Å². The predicted molar refractivity (Wildman–Crippen MR) is 111 cm³/mol. The summed E-state index contributed by atoms with van der Waals surface area (Å²) < 4.78 is 64.4. The van der Waals surface area contributed by atoms with Gasteiger partial charge in [-0.05, 0) is 67.6 Å². The molecule has 4 bridgehead atoms. The van der Waals surface area contributed by atoms with Gasteiger partial charge in [-0.15, -0.1) is 0 Å². The Labute approximate surface area is 184 Å². The topological polar surface area (TPSA) is 79.5 Å². The smallest absolute Gasteiger partial charge is 0.376 e. The molecule has 174 valence electrons. The molecule has 6 rings (SSSR count). The fourth-order valence-corrected chi connectivity index (χ4v) is 6.63. The van der Waals surface area contributed by atoms with Crippen molar-refractivity contribution < 1.29 is 30.6 Å². The Hall–Kier alpha value is -2.23. The third-order valence-electron chi connectivity index (χ3n) is 7.35.